The largest absolute Gasteiger partial charge is 0.489 e. The molecule has 2 aromatic carbocycles. The van der Waals surface area contributed by atoms with E-state index in [-0.39, 0.29) is 6.42 Å². The Kier molecular flexibility index (Phi) is 6.91. The van der Waals surface area contributed by atoms with Gasteiger partial charge in [0.2, 0.25) is 0 Å². The predicted molar refractivity (Wildman–Crippen MR) is 106 cm³/mol. The molecule has 142 valence electrons. The summed E-state index contributed by atoms with van der Waals surface area (Å²) in [6, 6.07) is 15.8. The van der Waals surface area contributed by atoms with Crippen molar-refractivity contribution < 1.29 is 19.4 Å². The lowest BCUT2D eigenvalue weighted by Gasteiger charge is -2.21. The molecule has 0 aliphatic carbocycles. The van der Waals surface area contributed by atoms with E-state index in [2.05, 4.69) is 24.3 Å². The molecule has 3 rings (SSSR count). The summed E-state index contributed by atoms with van der Waals surface area (Å²) in [5.74, 6) is -0.155. The SMILES string of the molecule is O=C(O)CCc1ccc(OCC2=C(Cc3ccccc3)CCOC2)cc1Cl. The Morgan fingerprint density at radius 1 is 1.15 bits per heavy atom. The highest BCUT2D eigenvalue weighted by atomic mass is 35.5. The average molecular weight is 387 g/mol. The first-order chi connectivity index (χ1) is 13.1. The molecule has 1 heterocycles. The van der Waals surface area contributed by atoms with E-state index >= 15 is 0 Å². The minimum Gasteiger partial charge on any atom is -0.489 e. The number of rotatable bonds is 8. The zero-order valence-electron chi connectivity index (χ0n) is 15.1. The van der Waals surface area contributed by atoms with Crippen LogP contribution in [0.3, 0.4) is 0 Å². The van der Waals surface area contributed by atoms with Crippen LogP contribution in [-0.2, 0) is 22.4 Å². The molecule has 1 aliphatic heterocycles. The second-order valence-electron chi connectivity index (χ2n) is 6.61. The summed E-state index contributed by atoms with van der Waals surface area (Å²) in [4.78, 5) is 10.7. The first-order valence-corrected chi connectivity index (χ1v) is 9.44. The second-order valence-corrected chi connectivity index (χ2v) is 7.01. The van der Waals surface area contributed by atoms with E-state index in [0.29, 0.717) is 30.4 Å². The smallest absolute Gasteiger partial charge is 0.303 e. The first kappa shape index (κ1) is 19.5. The molecule has 1 N–H and O–H groups in total. The summed E-state index contributed by atoms with van der Waals surface area (Å²) in [7, 11) is 0. The van der Waals surface area contributed by atoms with E-state index in [4.69, 9.17) is 26.2 Å². The van der Waals surface area contributed by atoms with Crippen molar-refractivity contribution in [1.82, 2.24) is 0 Å². The van der Waals surface area contributed by atoms with Gasteiger partial charge in [0.05, 0.1) is 13.2 Å². The van der Waals surface area contributed by atoms with Gasteiger partial charge < -0.3 is 14.6 Å². The molecule has 0 saturated carbocycles. The highest BCUT2D eigenvalue weighted by molar-refractivity contribution is 6.31. The van der Waals surface area contributed by atoms with Crippen LogP contribution in [0, 0.1) is 0 Å². The second kappa shape index (κ2) is 9.58. The van der Waals surface area contributed by atoms with E-state index in [1.165, 1.54) is 16.7 Å². The lowest BCUT2D eigenvalue weighted by atomic mass is 9.96. The third kappa shape index (κ3) is 5.84. The van der Waals surface area contributed by atoms with Gasteiger partial charge in [-0.05, 0) is 48.1 Å². The molecule has 0 aromatic heterocycles. The zero-order chi connectivity index (χ0) is 19.1. The lowest BCUT2D eigenvalue weighted by Crippen LogP contribution is -2.18. The van der Waals surface area contributed by atoms with E-state index in [1.807, 2.05) is 18.2 Å². The molecule has 0 amide bonds. The van der Waals surface area contributed by atoms with Crippen LogP contribution in [0.25, 0.3) is 0 Å². The molecule has 27 heavy (non-hydrogen) atoms. The van der Waals surface area contributed by atoms with Gasteiger partial charge in [-0.2, -0.15) is 0 Å². The first-order valence-electron chi connectivity index (χ1n) is 9.06. The molecule has 0 unspecified atom stereocenters. The van der Waals surface area contributed by atoms with Gasteiger partial charge in [0.1, 0.15) is 12.4 Å². The molecule has 0 bridgehead atoms. The Labute approximate surface area is 164 Å². The number of carbonyl (C=O) groups is 1. The summed E-state index contributed by atoms with van der Waals surface area (Å²) in [5, 5.41) is 9.33. The zero-order valence-corrected chi connectivity index (χ0v) is 15.9. The van der Waals surface area contributed by atoms with Crippen molar-refractivity contribution in [2.45, 2.75) is 25.7 Å². The Morgan fingerprint density at radius 2 is 1.96 bits per heavy atom. The summed E-state index contributed by atoms with van der Waals surface area (Å²) in [6.45, 7) is 1.80. The van der Waals surface area contributed by atoms with Crippen LogP contribution in [0.4, 0.5) is 0 Å². The van der Waals surface area contributed by atoms with Crippen molar-refractivity contribution in [2.24, 2.45) is 0 Å². The topological polar surface area (TPSA) is 55.8 Å². The van der Waals surface area contributed by atoms with Crippen LogP contribution >= 0.6 is 11.6 Å². The minimum absolute atomic E-state index is 0.0625. The fraction of sp³-hybridized carbons (Fsp3) is 0.318. The molecule has 0 radical (unpaired) electrons. The predicted octanol–water partition coefficient (Wildman–Crippen LogP) is 4.70. The van der Waals surface area contributed by atoms with E-state index in [1.54, 1.807) is 6.07 Å². The van der Waals surface area contributed by atoms with Gasteiger partial charge >= 0.3 is 5.97 Å². The van der Waals surface area contributed by atoms with E-state index in [9.17, 15) is 4.79 Å². The van der Waals surface area contributed by atoms with Crippen molar-refractivity contribution in [3.63, 3.8) is 0 Å². The number of benzene rings is 2. The maximum Gasteiger partial charge on any atom is 0.303 e. The van der Waals surface area contributed by atoms with Crippen molar-refractivity contribution >= 4 is 17.6 Å². The number of ether oxygens (including phenoxy) is 2. The molecule has 0 saturated heterocycles. The normalized spacial score (nSPS) is 14.3. The Balaban J connectivity index is 1.65. The number of aryl methyl sites for hydroxylation is 1. The third-order valence-corrected chi connectivity index (χ3v) is 4.98. The van der Waals surface area contributed by atoms with Gasteiger partial charge in [-0.25, -0.2) is 0 Å². The van der Waals surface area contributed by atoms with Gasteiger partial charge in [-0.1, -0.05) is 53.6 Å². The Hall–Kier alpha value is -2.30. The lowest BCUT2D eigenvalue weighted by molar-refractivity contribution is -0.136. The third-order valence-electron chi connectivity index (χ3n) is 4.63. The van der Waals surface area contributed by atoms with Gasteiger partial charge in [-0.3, -0.25) is 4.79 Å². The quantitative estimate of drug-likeness (QED) is 0.668. The standard InChI is InChI=1S/C22H23ClO4/c23-21-13-20(8-6-17(21)7-9-22(24)25)27-15-19-14-26-11-10-18(19)12-16-4-2-1-3-5-16/h1-6,8,13H,7,9-12,14-15H2,(H,24,25). The van der Waals surface area contributed by atoms with E-state index in [0.717, 1.165) is 25.0 Å². The van der Waals surface area contributed by atoms with Crippen LogP contribution < -0.4 is 4.74 Å². The van der Waals surface area contributed by atoms with Crippen molar-refractivity contribution in [2.75, 3.05) is 19.8 Å². The van der Waals surface area contributed by atoms with Crippen LogP contribution in [-0.4, -0.2) is 30.9 Å². The number of carboxylic acid groups (broad SMARTS) is 1. The van der Waals surface area contributed by atoms with E-state index < -0.39 is 5.97 Å². The van der Waals surface area contributed by atoms with Gasteiger partial charge in [-0.15, -0.1) is 0 Å². The maximum absolute atomic E-state index is 10.7. The summed E-state index contributed by atoms with van der Waals surface area (Å²) >= 11 is 6.26. The molecular formula is C22H23ClO4. The molecule has 4 nitrogen and oxygen atoms in total. The van der Waals surface area contributed by atoms with Crippen LogP contribution in [0.5, 0.6) is 5.75 Å². The van der Waals surface area contributed by atoms with Crippen LogP contribution in [0.1, 0.15) is 24.0 Å². The summed E-state index contributed by atoms with van der Waals surface area (Å²) in [5.41, 5.74) is 4.65. The molecule has 0 spiro atoms. The molecule has 5 heteroatoms. The Morgan fingerprint density at radius 3 is 2.70 bits per heavy atom. The van der Waals surface area contributed by atoms with Crippen LogP contribution in [0.15, 0.2) is 59.7 Å². The minimum atomic E-state index is -0.832. The number of hydrogen-bond donors (Lipinski definition) is 1. The highest BCUT2D eigenvalue weighted by Gasteiger charge is 2.15. The number of halogens is 1. The molecule has 0 atom stereocenters. The van der Waals surface area contributed by atoms with Crippen molar-refractivity contribution in [1.29, 1.82) is 0 Å². The number of carboxylic acids is 1. The van der Waals surface area contributed by atoms with Crippen molar-refractivity contribution in [3.05, 3.63) is 75.8 Å². The summed E-state index contributed by atoms with van der Waals surface area (Å²) in [6.07, 6.45) is 2.31. The molecule has 0 fully saturated rings. The molecular weight excluding hydrogens is 364 g/mol. The number of aliphatic carboxylic acids is 1. The van der Waals surface area contributed by atoms with Gasteiger partial charge in [0.15, 0.2) is 0 Å². The fourth-order valence-corrected chi connectivity index (χ4v) is 3.37. The van der Waals surface area contributed by atoms with Crippen molar-refractivity contribution in [3.8, 4) is 5.75 Å². The molecule has 1 aliphatic rings. The Bertz CT molecular complexity index is 814. The molecule has 2 aromatic rings. The monoisotopic (exact) mass is 386 g/mol. The average Bonchev–Trinajstić information content (AvgIpc) is 2.67. The van der Waals surface area contributed by atoms with Gasteiger partial charge in [0, 0.05) is 11.4 Å². The van der Waals surface area contributed by atoms with Gasteiger partial charge in [0.25, 0.3) is 0 Å². The summed E-state index contributed by atoms with van der Waals surface area (Å²) < 4.78 is 11.6. The maximum atomic E-state index is 10.7. The fourth-order valence-electron chi connectivity index (χ4n) is 3.10. The van der Waals surface area contributed by atoms with Crippen LogP contribution in [0.2, 0.25) is 5.02 Å². The number of hydrogen-bond acceptors (Lipinski definition) is 3. The highest BCUT2D eigenvalue weighted by Crippen LogP contribution is 2.26.